The van der Waals surface area contributed by atoms with Gasteiger partial charge in [-0.25, -0.2) is 13.6 Å². The number of para-hydroxylation sites is 1. The Morgan fingerprint density at radius 1 is 0.857 bits per heavy atom. The number of benzene rings is 4. The number of nitrogens with zero attached hydrogens (tertiary/aromatic N) is 1. The van der Waals surface area contributed by atoms with Gasteiger partial charge in [0.2, 0.25) is 0 Å². The molecule has 214 valence electrons. The maximum Gasteiger partial charge on any atom is 0.417 e. The smallest absolute Gasteiger partial charge is 0.417 e. The molecule has 0 aliphatic rings. The molecule has 42 heavy (non-hydrogen) atoms. The number of aliphatic carboxylic acids is 1. The molecule has 4 aromatic carbocycles. The van der Waals surface area contributed by atoms with Crippen molar-refractivity contribution in [2.24, 2.45) is 7.05 Å². The Labute approximate surface area is 234 Å². The lowest BCUT2D eigenvalue weighted by atomic mass is 9.90. The summed E-state index contributed by atoms with van der Waals surface area (Å²) in [5.74, 6) is -5.14. The third kappa shape index (κ3) is 4.98. The summed E-state index contributed by atoms with van der Waals surface area (Å²) >= 11 is 0. The fraction of sp³-hybridized carbons (Fsp3) is 0.129. The normalized spacial score (nSPS) is 12.4. The lowest BCUT2D eigenvalue weighted by molar-refractivity contribution is -0.139. The molecule has 0 fully saturated rings. The van der Waals surface area contributed by atoms with Crippen LogP contribution in [0.5, 0.6) is 0 Å². The van der Waals surface area contributed by atoms with Crippen LogP contribution in [0, 0.1) is 11.6 Å². The molecule has 5 aromatic rings. The first-order chi connectivity index (χ1) is 19.9. The molecule has 0 bridgehead atoms. The minimum Gasteiger partial charge on any atom is -0.480 e. The summed E-state index contributed by atoms with van der Waals surface area (Å²) in [6, 6.07) is 15.7. The van der Waals surface area contributed by atoms with Crippen LogP contribution in [0.4, 0.5) is 22.0 Å². The number of aromatic nitrogens is 1. The van der Waals surface area contributed by atoms with Crippen LogP contribution in [-0.2, 0) is 24.4 Å². The summed E-state index contributed by atoms with van der Waals surface area (Å²) in [7, 11) is 1.38. The number of halogens is 5. The highest BCUT2D eigenvalue weighted by Crippen LogP contribution is 2.42. The van der Waals surface area contributed by atoms with Gasteiger partial charge in [-0.05, 0) is 40.1 Å². The van der Waals surface area contributed by atoms with E-state index in [-0.39, 0.29) is 28.3 Å². The molecule has 11 heteroatoms. The van der Waals surface area contributed by atoms with Crippen LogP contribution >= 0.6 is 0 Å². The molecule has 1 amide bonds. The van der Waals surface area contributed by atoms with Crippen molar-refractivity contribution in [3.8, 4) is 11.1 Å². The van der Waals surface area contributed by atoms with Crippen LogP contribution in [0.15, 0.2) is 83.7 Å². The first-order valence-electron chi connectivity index (χ1n) is 12.6. The van der Waals surface area contributed by atoms with Gasteiger partial charge < -0.3 is 15.0 Å². The van der Waals surface area contributed by atoms with E-state index in [1.165, 1.54) is 61.6 Å². The number of carbonyl (C=O) groups excluding carboxylic acids is 1. The third-order valence-corrected chi connectivity index (χ3v) is 7.09. The molecule has 1 atom stereocenters. The molecular formula is C31H21F5N2O4. The Bertz CT molecular complexity index is 1930. The molecule has 0 saturated heterocycles. The number of nitrogens with one attached hydrogen (secondary N) is 1. The summed E-state index contributed by atoms with van der Waals surface area (Å²) in [6.45, 7) is 0. The van der Waals surface area contributed by atoms with Crippen molar-refractivity contribution < 1.29 is 36.6 Å². The zero-order valence-corrected chi connectivity index (χ0v) is 21.8. The van der Waals surface area contributed by atoms with Gasteiger partial charge in [-0.15, -0.1) is 0 Å². The summed E-state index contributed by atoms with van der Waals surface area (Å²) in [4.78, 5) is 38.1. The quantitative estimate of drug-likeness (QED) is 0.238. The highest BCUT2D eigenvalue weighted by atomic mass is 19.4. The minimum absolute atomic E-state index is 0.0163. The fourth-order valence-electron chi connectivity index (χ4n) is 5.18. The Kier molecular flexibility index (Phi) is 7.27. The fourth-order valence-corrected chi connectivity index (χ4v) is 5.18. The number of carboxylic acid groups (broad SMARTS) is 1. The average Bonchev–Trinajstić information content (AvgIpc) is 2.93. The first kappa shape index (κ1) is 28.5. The van der Waals surface area contributed by atoms with E-state index in [1.54, 1.807) is 6.07 Å². The van der Waals surface area contributed by atoms with Gasteiger partial charge in [0, 0.05) is 18.9 Å². The molecule has 0 unspecified atom stereocenters. The molecule has 0 aliphatic carbocycles. The molecule has 0 radical (unpaired) electrons. The molecule has 0 spiro atoms. The molecule has 1 heterocycles. The zero-order valence-electron chi connectivity index (χ0n) is 21.8. The van der Waals surface area contributed by atoms with Crippen molar-refractivity contribution in [3.63, 3.8) is 0 Å². The average molecular weight is 581 g/mol. The largest absolute Gasteiger partial charge is 0.480 e. The van der Waals surface area contributed by atoms with E-state index in [0.717, 1.165) is 22.8 Å². The summed E-state index contributed by atoms with van der Waals surface area (Å²) in [5, 5.41) is 12.3. The minimum atomic E-state index is -4.89. The van der Waals surface area contributed by atoms with Gasteiger partial charge >= 0.3 is 12.1 Å². The van der Waals surface area contributed by atoms with E-state index in [9.17, 15) is 41.4 Å². The van der Waals surface area contributed by atoms with E-state index in [1.807, 2.05) is 0 Å². The number of pyridine rings is 1. The predicted molar refractivity (Wildman–Crippen MR) is 146 cm³/mol. The van der Waals surface area contributed by atoms with Crippen LogP contribution in [0.3, 0.4) is 0 Å². The number of rotatable bonds is 6. The lowest BCUT2D eigenvalue weighted by Crippen LogP contribution is -2.43. The Balaban J connectivity index is 1.65. The van der Waals surface area contributed by atoms with E-state index in [0.29, 0.717) is 10.9 Å². The Morgan fingerprint density at radius 2 is 1.45 bits per heavy atom. The molecular weight excluding hydrogens is 559 g/mol. The number of alkyl halides is 3. The van der Waals surface area contributed by atoms with Gasteiger partial charge in [-0.2, -0.15) is 13.2 Å². The summed E-state index contributed by atoms with van der Waals surface area (Å²) in [6.07, 6.45) is -5.26. The van der Waals surface area contributed by atoms with Gasteiger partial charge in [-0.3, -0.25) is 9.59 Å². The number of carbonyl (C=O) groups is 2. The van der Waals surface area contributed by atoms with Crippen molar-refractivity contribution in [3.05, 3.63) is 118 Å². The van der Waals surface area contributed by atoms with Gasteiger partial charge in [0.05, 0.1) is 16.6 Å². The van der Waals surface area contributed by atoms with Gasteiger partial charge in [0.1, 0.15) is 23.2 Å². The maximum absolute atomic E-state index is 14.5. The van der Waals surface area contributed by atoms with E-state index < -0.39 is 58.0 Å². The highest BCUT2D eigenvalue weighted by Gasteiger charge is 2.38. The van der Waals surface area contributed by atoms with Crippen LogP contribution in [0.1, 0.15) is 21.5 Å². The van der Waals surface area contributed by atoms with Crippen LogP contribution in [0.2, 0.25) is 0 Å². The molecule has 5 rings (SSSR count). The number of carboxylic acids is 1. The van der Waals surface area contributed by atoms with Gasteiger partial charge in [0.15, 0.2) is 0 Å². The van der Waals surface area contributed by atoms with Crippen molar-refractivity contribution >= 4 is 33.6 Å². The number of amides is 1. The molecule has 0 aliphatic heterocycles. The second kappa shape index (κ2) is 10.7. The van der Waals surface area contributed by atoms with Crippen molar-refractivity contribution in [1.29, 1.82) is 0 Å². The second-order valence-corrected chi connectivity index (χ2v) is 9.61. The number of hydrogen-bond donors (Lipinski definition) is 2. The number of fused-ring (bicyclic) bond motifs is 2. The number of aryl methyl sites for hydroxylation is 1. The van der Waals surface area contributed by atoms with Gasteiger partial charge in [-0.1, -0.05) is 60.7 Å². The SMILES string of the molecule is Cn1c(=O)c(-c2cccc3c(C[C@H](NC(=O)c4c(F)cccc4F)C(=O)O)cccc23)c(C(F)(F)F)c2ccccc21. The molecule has 0 saturated carbocycles. The van der Waals surface area contributed by atoms with E-state index in [4.69, 9.17) is 0 Å². The monoisotopic (exact) mass is 580 g/mol. The van der Waals surface area contributed by atoms with Crippen LogP contribution < -0.4 is 10.9 Å². The number of hydrogen-bond acceptors (Lipinski definition) is 3. The first-order valence-corrected chi connectivity index (χ1v) is 12.6. The standard InChI is InChI=1S/C31H21F5N2O4/c1-38-24-14-3-2-8-20(24)27(31(34,35)36)25(29(38)40)19-11-5-9-17-16(7-4-10-18(17)19)15-23(30(41)42)37-28(39)26-21(32)12-6-13-22(26)33/h2-14,23H,15H2,1H3,(H,37,39)(H,41,42)/t23-/m0/s1. The maximum atomic E-state index is 14.5. The van der Waals surface area contributed by atoms with Crippen molar-refractivity contribution in [2.75, 3.05) is 0 Å². The van der Waals surface area contributed by atoms with E-state index in [2.05, 4.69) is 5.32 Å². The third-order valence-electron chi connectivity index (χ3n) is 7.09. The molecule has 1 aromatic heterocycles. The van der Waals surface area contributed by atoms with Crippen molar-refractivity contribution in [1.82, 2.24) is 9.88 Å². The summed E-state index contributed by atoms with van der Waals surface area (Å²) in [5.41, 5.74) is -3.09. The highest BCUT2D eigenvalue weighted by molar-refractivity contribution is 6.02. The predicted octanol–water partition coefficient (Wildman–Crippen LogP) is 6.08. The van der Waals surface area contributed by atoms with Crippen LogP contribution in [-0.4, -0.2) is 27.6 Å². The summed E-state index contributed by atoms with van der Waals surface area (Å²) < 4.78 is 72.9. The van der Waals surface area contributed by atoms with Gasteiger partial charge in [0.25, 0.3) is 11.5 Å². The second-order valence-electron chi connectivity index (χ2n) is 9.61. The van der Waals surface area contributed by atoms with E-state index >= 15 is 0 Å². The Morgan fingerprint density at radius 3 is 2.12 bits per heavy atom. The topological polar surface area (TPSA) is 88.4 Å². The molecule has 2 N–H and O–H groups in total. The lowest BCUT2D eigenvalue weighted by Gasteiger charge is -2.20. The van der Waals surface area contributed by atoms with Crippen molar-refractivity contribution in [2.45, 2.75) is 18.6 Å². The van der Waals surface area contributed by atoms with Crippen LogP contribution in [0.25, 0.3) is 32.8 Å². The Hall–Kier alpha value is -5.06. The zero-order chi connectivity index (χ0) is 30.3. The molecule has 6 nitrogen and oxygen atoms in total.